The molecule has 0 saturated heterocycles. The Morgan fingerprint density at radius 2 is 2.12 bits per heavy atom. The summed E-state index contributed by atoms with van der Waals surface area (Å²) in [6, 6.07) is 4.09. The fourth-order valence-corrected chi connectivity index (χ4v) is 1.87. The van der Waals surface area contributed by atoms with E-state index in [-0.39, 0.29) is 0 Å². The molecule has 0 aliphatic heterocycles. The SMILES string of the molecule is CC(C)C(C)OCc1ccc(C#CCN)s1. The molecule has 0 spiro atoms. The Bertz CT molecular complexity index is 373. The van der Waals surface area contributed by atoms with Gasteiger partial charge in [-0.25, -0.2) is 0 Å². The molecule has 0 saturated carbocycles. The van der Waals surface area contributed by atoms with Crippen molar-refractivity contribution in [2.24, 2.45) is 11.7 Å². The molecule has 0 aliphatic rings. The lowest BCUT2D eigenvalue weighted by atomic mass is 10.1. The molecule has 16 heavy (non-hydrogen) atoms. The molecule has 1 rings (SSSR count). The zero-order chi connectivity index (χ0) is 12.0. The lowest BCUT2D eigenvalue weighted by Gasteiger charge is -2.15. The highest BCUT2D eigenvalue weighted by molar-refractivity contribution is 7.12. The first-order chi connectivity index (χ1) is 7.63. The number of nitrogens with two attached hydrogens (primary N) is 1. The fraction of sp³-hybridized carbons (Fsp3) is 0.538. The first kappa shape index (κ1) is 13.2. The van der Waals surface area contributed by atoms with E-state index in [1.165, 1.54) is 4.88 Å². The summed E-state index contributed by atoms with van der Waals surface area (Å²) in [4.78, 5) is 2.27. The molecule has 2 nitrogen and oxygen atoms in total. The molecular weight excluding hydrogens is 218 g/mol. The predicted molar refractivity (Wildman–Crippen MR) is 69.3 cm³/mol. The Balaban J connectivity index is 2.46. The second kappa shape index (κ2) is 6.70. The van der Waals surface area contributed by atoms with Crippen LogP contribution in [-0.4, -0.2) is 12.6 Å². The van der Waals surface area contributed by atoms with Crippen LogP contribution in [0.15, 0.2) is 12.1 Å². The Hall–Kier alpha value is -0.820. The van der Waals surface area contributed by atoms with Crippen LogP contribution in [-0.2, 0) is 11.3 Å². The van der Waals surface area contributed by atoms with Crippen LogP contribution in [0, 0.1) is 17.8 Å². The van der Waals surface area contributed by atoms with Gasteiger partial charge < -0.3 is 10.5 Å². The summed E-state index contributed by atoms with van der Waals surface area (Å²) in [5.74, 6) is 6.42. The van der Waals surface area contributed by atoms with E-state index >= 15 is 0 Å². The monoisotopic (exact) mass is 237 g/mol. The largest absolute Gasteiger partial charge is 0.373 e. The second-order valence-corrected chi connectivity index (χ2v) is 5.20. The zero-order valence-corrected chi connectivity index (χ0v) is 10.9. The maximum Gasteiger partial charge on any atom is 0.0813 e. The van der Waals surface area contributed by atoms with Gasteiger partial charge in [0.2, 0.25) is 0 Å². The molecule has 0 amide bonds. The molecule has 0 bridgehead atoms. The third-order valence-corrected chi connectivity index (χ3v) is 3.38. The molecule has 0 fully saturated rings. The second-order valence-electron chi connectivity index (χ2n) is 4.03. The highest BCUT2D eigenvalue weighted by Crippen LogP contribution is 2.18. The molecule has 3 heteroatoms. The van der Waals surface area contributed by atoms with Crippen molar-refractivity contribution >= 4 is 11.3 Å². The lowest BCUT2D eigenvalue weighted by Crippen LogP contribution is -2.14. The zero-order valence-electron chi connectivity index (χ0n) is 10.1. The van der Waals surface area contributed by atoms with Gasteiger partial charge in [-0.3, -0.25) is 0 Å². The summed E-state index contributed by atoms with van der Waals surface area (Å²) in [6.45, 7) is 7.52. The molecule has 1 aromatic heterocycles. The van der Waals surface area contributed by atoms with Crippen molar-refractivity contribution in [1.29, 1.82) is 0 Å². The highest BCUT2D eigenvalue weighted by Gasteiger charge is 2.07. The maximum atomic E-state index is 5.74. The van der Waals surface area contributed by atoms with E-state index in [0.29, 0.717) is 25.2 Å². The molecule has 1 heterocycles. The number of hydrogen-bond donors (Lipinski definition) is 1. The Labute approximate surface area is 102 Å². The van der Waals surface area contributed by atoms with E-state index in [1.807, 2.05) is 6.07 Å². The molecule has 1 unspecified atom stereocenters. The van der Waals surface area contributed by atoms with E-state index in [0.717, 1.165) is 4.88 Å². The normalized spacial score (nSPS) is 12.3. The predicted octanol–water partition coefficient (Wildman–Crippen LogP) is 2.62. The topological polar surface area (TPSA) is 35.2 Å². The van der Waals surface area contributed by atoms with Crippen molar-refractivity contribution in [2.45, 2.75) is 33.5 Å². The van der Waals surface area contributed by atoms with Crippen molar-refractivity contribution in [3.05, 3.63) is 21.9 Å². The van der Waals surface area contributed by atoms with Crippen molar-refractivity contribution in [1.82, 2.24) is 0 Å². The molecule has 2 N–H and O–H groups in total. The van der Waals surface area contributed by atoms with E-state index in [1.54, 1.807) is 11.3 Å². The van der Waals surface area contributed by atoms with Gasteiger partial charge in [0.1, 0.15) is 0 Å². The minimum absolute atomic E-state index is 0.292. The van der Waals surface area contributed by atoms with Gasteiger partial charge in [-0.1, -0.05) is 25.7 Å². The van der Waals surface area contributed by atoms with Gasteiger partial charge >= 0.3 is 0 Å². The summed E-state index contributed by atoms with van der Waals surface area (Å²) in [6.07, 6.45) is 0.292. The van der Waals surface area contributed by atoms with Crippen molar-refractivity contribution in [3.8, 4) is 11.8 Å². The average molecular weight is 237 g/mol. The Kier molecular flexibility index (Phi) is 5.54. The molecule has 88 valence electrons. The quantitative estimate of drug-likeness (QED) is 0.817. The van der Waals surface area contributed by atoms with Crippen LogP contribution >= 0.6 is 11.3 Å². The van der Waals surface area contributed by atoms with E-state index in [2.05, 4.69) is 38.7 Å². The van der Waals surface area contributed by atoms with Gasteiger partial charge in [0.05, 0.1) is 24.1 Å². The van der Waals surface area contributed by atoms with Crippen LogP contribution in [0.25, 0.3) is 0 Å². The van der Waals surface area contributed by atoms with Crippen molar-refractivity contribution < 1.29 is 4.74 Å². The highest BCUT2D eigenvalue weighted by atomic mass is 32.1. The lowest BCUT2D eigenvalue weighted by molar-refractivity contribution is 0.0249. The van der Waals surface area contributed by atoms with E-state index in [4.69, 9.17) is 10.5 Å². The Morgan fingerprint density at radius 1 is 1.38 bits per heavy atom. The van der Waals surface area contributed by atoms with Gasteiger partial charge in [0.25, 0.3) is 0 Å². The first-order valence-electron chi connectivity index (χ1n) is 5.52. The first-order valence-corrected chi connectivity index (χ1v) is 6.34. The molecule has 0 aliphatic carbocycles. The molecule has 0 aromatic carbocycles. The third kappa shape index (κ3) is 4.36. The maximum absolute atomic E-state index is 5.74. The summed E-state index contributed by atoms with van der Waals surface area (Å²) in [5, 5.41) is 0. The summed E-state index contributed by atoms with van der Waals surface area (Å²) in [7, 11) is 0. The van der Waals surface area contributed by atoms with Crippen LogP contribution in [0.4, 0.5) is 0 Å². The number of rotatable bonds is 4. The van der Waals surface area contributed by atoms with E-state index < -0.39 is 0 Å². The smallest absolute Gasteiger partial charge is 0.0813 e. The van der Waals surface area contributed by atoms with Gasteiger partial charge in [-0.15, -0.1) is 11.3 Å². The third-order valence-electron chi connectivity index (χ3n) is 2.40. The minimum Gasteiger partial charge on any atom is -0.373 e. The van der Waals surface area contributed by atoms with Crippen molar-refractivity contribution in [2.75, 3.05) is 6.54 Å². The van der Waals surface area contributed by atoms with Crippen molar-refractivity contribution in [3.63, 3.8) is 0 Å². The fourth-order valence-electron chi connectivity index (χ4n) is 1.07. The average Bonchev–Trinajstić information content (AvgIpc) is 2.70. The van der Waals surface area contributed by atoms with Gasteiger partial charge in [-0.05, 0) is 25.0 Å². The van der Waals surface area contributed by atoms with E-state index in [9.17, 15) is 0 Å². The van der Waals surface area contributed by atoms with Gasteiger partial charge in [0.15, 0.2) is 0 Å². The minimum atomic E-state index is 0.292. The Morgan fingerprint density at radius 3 is 2.75 bits per heavy atom. The van der Waals surface area contributed by atoms with Gasteiger partial charge in [0, 0.05) is 4.88 Å². The number of thiophene rings is 1. The summed E-state index contributed by atoms with van der Waals surface area (Å²) in [5.41, 5.74) is 5.32. The molecule has 1 atom stereocenters. The van der Waals surface area contributed by atoms with Crippen LogP contribution < -0.4 is 5.73 Å². The summed E-state index contributed by atoms with van der Waals surface area (Å²) < 4.78 is 5.74. The number of ether oxygens (including phenoxy) is 1. The summed E-state index contributed by atoms with van der Waals surface area (Å²) >= 11 is 1.67. The molecular formula is C13H19NOS. The van der Waals surface area contributed by atoms with Crippen LogP contribution in [0.3, 0.4) is 0 Å². The molecule has 1 aromatic rings. The van der Waals surface area contributed by atoms with Gasteiger partial charge in [-0.2, -0.15) is 0 Å². The number of hydrogen-bond acceptors (Lipinski definition) is 3. The van der Waals surface area contributed by atoms with Crippen LogP contribution in [0.5, 0.6) is 0 Å². The standard InChI is InChI=1S/C13H19NOS/c1-10(2)11(3)15-9-13-7-6-12(16-13)5-4-8-14/h6-7,10-11H,8-9,14H2,1-3H3. The van der Waals surface area contributed by atoms with Crippen LogP contribution in [0.1, 0.15) is 30.5 Å². The molecule has 0 radical (unpaired) electrons. The van der Waals surface area contributed by atoms with Crippen LogP contribution in [0.2, 0.25) is 0 Å².